The second-order valence-electron chi connectivity index (χ2n) is 9.80. The third kappa shape index (κ3) is 4.66. The van der Waals surface area contributed by atoms with Gasteiger partial charge in [-0.05, 0) is 80.0 Å². The van der Waals surface area contributed by atoms with Crippen LogP contribution in [-0.4, -0.2) is 28.6 Å². The first-order chi connectivity index (χ1) is 18.2. The quantitative estimate of drug-likeness (QED) is 0.314. The predicted octanol–water partition coefficient (Wildman–Crippen LogP) is 6.67. The molecule has 1 aliphatic carbocycles. The fraction of sp³-hybridized carbons (Fsp3) is 0.323. The third-order valence-corrected chi connectivity index (χ3v) is 8.81. The van der Waals surface area contributed by atoms with Gasteiger partial charge in [0.25, 0.3) is 0 Å². The van der Waals surface area contributed by atoms with Crippen LogP contribution in [0.15, 0.2) is 72.9 Å². The molecule has 190 valence electrons. The van der Waals surface area contributed by atoms with Crippen LogP contribution in [0.1, 0.15) is 58.6 Å². The van der Waals surface area contributed by atoms with E-state index in [1.807, 2.05) is 53.5 Å². The summed E-state index contributed by atoms with van der Waals surface area (Å²) in [5.74, 6) is 0.849. The molecule has 6 heteroatoms. The lowest BCUT2D eigenvalue weighted by molar-refractivity contribution is 0.180. The number of hydrogen-bond acceptors (Lipinski definition) is 3. The van der Waals surface area contributed by atoms with Crippen molar-refractivity contribution in [3.63, 3.8) is 0 Å². The van der Waals surface area contributed by atoms with Gasteiger partial charge in [-0.15, -0.1) is 11.3 Å². The molecular formula is C31H33N3O2S. The molecule has 0 spiro atoms. The van der Waals surface area contributed by atoms with Gasteiger partial charge in [-0.2, -0.15) is 0 Å². The molecule has 0 saturated carbocycles. The zero-order valence-corrected chi connectivity index (χ0v) is 22.1. The topological polar surface area (TPSA) is 46.5 Å². The van der Waals surface area contributed by atoms with Crippen LogP contribution in [0.25, 0.3) is 5.00 Å². The van der Waals surface area contributed by atoms with Crippen molar-refractivity contribution < 1.29 is 9.53 Å². The van der Waals surface area contributed by atoms with E-state index in [2.05, 4.69) is 52.5 Å². The average Bonchev–Trinajstić information content (AvgIpc) is 3.52. The minimum atomic E-state index is -0.193. The van der Waals surface area contributed by atoms with E-state index in [1.165, 1.54) is 39.4 Å². The highest BCUT2D eigenvalue weighted by Gasteiger charge is 2.36. The number of thiophene rings is 1. The number of urea groups is 1. The summed E-state index contributed by atoms with van der Waals surface area (Å²) < 4.78 is 8.03. The summed E-state index contributed by atoms with van der Waals surface area (Å²) in [6, 6.07) is 22.6. The number of nitrogens with zero attached hydrogens (tertiary/aromatic N) is 2. The Kier molecular flexibility index (Phi) is 6.75. The molecule has 1 aliphatic heterocycles. The molecule has 6 rings (SSSR count). The standard InChI is InChI=1S/C31H33N3O2S/c1-2-36-24-16-14-23(15-17-24)29-27-12-8-20-33(27)30-26(25-11-6-7-13-28(25)37-30)21-34(29)31(35)32-19-18-22-9-4-3-5-10-22/h3-5,8-10,12,14-17,20,29H,2,6-7,11,13,18-19,21H2,1H3,(H,32,35). The van der Waals surface area contributed by atoms with Crippen LogP contribution in [0.2, 0.25) is 0 Å². The zero-order valence-electron chi connectivity index (χ0n) is 21.3. The van der Waals surface area contributed by atoms with E-state index < -0.39 is 0 Å². The van der Waals surface area contributed by atoms with Gasteiger partial charge in [0, 0.05) is 23.2 Å². The van der Waals surface area contributed by atoms with Gasteiger partial charge in [0.2, 0.25) is 0 Å². The van der Waals surface area contributed by atoms with Gasteiger partial charge >= 0.3 is 6.03 Å². The van der Waals surface area contributed by atoms with Crippen molar-refractivity contribution in [2.45, 2.75) is 51.6 Å². The summed E-state index contributed by atoms with van der Waals surface area (Å²) >= 11 is 1.92. The normalized spacial score (nSPS) is 16.4. The molecule has 3 heterocycles. The van der Waals surface area contributed by atoms with Crippen LogP contribution in [-0.2, 0) is 25.8 Å². The van der Waals surface area contributed by atoms with Gasteiger partial charge in [-0.3, -0.25) is 0 Å². The number of aryl methyl sites for hydroxylation is 1. The van der Waals surface area contributed by atoms with Crippen molar-refractivity contribution in [1.82, 2.24) is 14.8 Å². The number of hydrogen-bond donors (Lipinski definition) is 1. The molecule has 2 aliphatic rings. The predicted molar refractivity (Wildman–Crippen MR) is 149 cm³/mol. The van der Waals surface area contributed by atoms with Gasteiger partial charge in [-0.1, -0.05) is 42.5 Å². The molecule has 0 fully saturated rings. The van der Waals surface area contributed by atoms with Gasteiger partial charge < -0.3 is 19.5 Å². The summed E-state index contributed by atoms with van der Waals surface area (Å²) in [7, 11) is 0. The maximum absolute atomic E-state index is 13.9. The first-order valence-corrected chi connectivity index (χ1v) is 14.2. The maximum Gasteiger partial charge on any atom is 0.318 e. The lowest BCUT2D eigenvalue weighted by Gasteiger charge is -2.31. The monoisotopic (exact) mass is 511 g/mol. The molecule has 1 atom stereocenters. The lowest BCUT2D eigenvalue weighted by atomic mass is 9.95. The first kappa shape index (κ1) is 23.9. The number of ether oxygens (including phenoxy) is 1. The van der Waals surface area contributed by atoms with E-state index in [-0.39, 0.29) is 12.1 Å². The molecule has 1 unspecified atom stereocenters. The van der Waals surface area contributed by atoms with Crippen molar-refractivity contribution in [3.05, 3.63) is 106 Å². The molecule has 0 radical (unpaired) electrons. The average molecular weight is 512 g/mol. The number of amides is 2. The van der Waals surface area contributed by atoms with Crippen molar-refractivity contribution in [3.8, 4) is 10.8 Å². The highest BCUT2D eigenvalue weighted by Crippen LogP contribution is 2.44. The van der Waals surface area contributed by atoms with Crippen LogP contribution in [0.3, 0.4) is 0 Å². The van der Waals surface area contributed by atoms with E-state index in [0.29, 0.717) is 19.7 Å². The molecule has 2 aromatic carbocycles. The van der Waals surface area contributed by atoms with Crippen LogP contribution in [0.5, 0.6) is 5.75 Å². The largest absolute Gasteiger partial charge is 0.494 e. The van der Waals surface area contributed by atoms with Crippen LogP contribution >= 0.6 is 11.3 Å². The van der Waals surface area contributed by atoms with Gasteiger partial charge in [0.1, 0.15) is 10.8 Å². The summed E-state index contributed by atoms with van der Waals surface area (Å²) in [5, 5.41) is 4.52. The molecule has 0 bridgehead atoms. The Labute approximate surface area is 222 Å². The summed E-state index contributed by atoms with van der Waals surface area (Å²) in [6.45, 7) is 3.84. The van der Waals surface area contributed by atoms with E-state index in [4.69, 9.17) is 4.74 Å². The summed E-state index contributed by atoms with van der Waals surface area (Å²) in [6.07, 6.45) is 7.70. The maximum atomic E-state index is 13.9. The van der Waals surface area contributed by atoms with Crippen molar-refractivity contribution >= 4 is 17.4 Å². The van der Waals surface area contributed by atoms with E-state index in [1.54, 1.807) is 0 Å². The molecular weight excluding hydrogens is 478 g/mol. The molecule has 1 N–H and O–H groups in total. The van der Waals surface area contributed by atoms with Gasteiger partial charge in [0.05, 0.1) is 24.9 Å². The second kappa shape index (κ2) is 10.5. The molecule has 0 saturated heterocycles. The Hall–Kier alpha value is -3.51. The van der Waals surface area contributed by atoms with Gasteiger partial charge in [0.15, 0.2) is 0 Å². The van der Waals surface area contributed by atoms with E-state index in [0.717, 1.165) is 36.3 Å². The number of rotatable bonds is 6. The van der Waals surface area contributed by atoms with Crippen molar-refractivity contribution in [2.24, 2.45) is 0 Å². The van der Waals surface area contributed by atoms with Crippen LogP contribution in [0.4, 0.5) is 4.79 Å². The number of nitrogens with one attached hydrogen (secondary N) is 1. The Balaban J connectivity index is 1.37. The second-order valence-corrected chi connectivity index (χ2v) is 10.9. The fourth-order valence-corrected chi connectivity index (χ4v) is 7.11. The number of aromatic nitrogens is 1. The minimum Gasteiger partial charge on any atom is -0.494 e. The highest BCUT2D eigenvalue weighted by molar-refractivity contribution is 7.15. The fourth-order valence-electron chi connectivity index (χ4n) is 5.71. The highest BCUT2D eigenvalue weighted by atomic mass is 32.1. The SMILES string of the molecule is CCOc1ccc(C2c3cccn3-c3sc4c(c3CN2C(=O)NCCc2ccccc2)CCCC4)cc1. The number of carbonyl (C=O) groups excluding carboxylic acids is 1. The van der Waals surface area contributed by atoms with Crippen molar-refractivity contribution in [1.29, 1.82) is 0 Å². The Morgan fingerprint density at radius 2 is 1.81 bits per heavy atom. The molecule has 5 nitrogen and oxygen atoms in total. The van der Waals surface area contributed by atoms with Crippen molar-refractivity contribution in [2.75, 3.05) is 13.2 Å². The smallest absolute Gasteiger partial charge is 0.318 e. The third-order valence-electron chi connectivity index (χ3n) is 7.48. The molecule has 37 heavy (non-hydrogen) atoms. The number of carbonyl (C=O) groups is 1. The molecule has 2 aromatic heterocycles. The van der Waals surface area contributed by atoms with Crippen LogP contribution < -0.4 is 10.1 Å². The van der Waals surface area contributed by atoms with Crippen LogP contribution in [0, 0.1) is 0 Å². The first-order valence-electron chi connectivity index (χ1n) is 13.3. The summed E-state index contributed by atoms with van der Waals surface area (Å²) in [4.78, 5) is 17.5. The van der Waals surface area contributed by atoms with E-state index in [9.17, 15) is 4.79 Å². The molecule has 4 aromatic rings. The van der Waals surface area contributed by atoms with E-state index >= 15 is 0 Å². The Morgan fingerprint density at radius 1 is 1.00 bits per heavy atom. The Morgan fingerprint density at radius 3 is 2.62 bits per heavy atom. The zero-order chi connectivity index (χ0) is 25.2. The molecule has 2 amide bonds. The summed E-state index contributed by atoms with van der Waals surface area (Å²) in [5.41, 5.74) is 6.24. The lowest BCUT2D eigenvalue weighted by Crippen LogP contribution is -2.42. The number of benzene rings is 2. The number of fused-ring (bicyclic) bond motifs is 5. The minimum absolute atomic E-state index is 0.0221. The van der Waals surface area contributed by atoms with Gasteiger partial charge in [-0.25, -0.2) is 4.79 Å². The Bertz CT molecular complexity index is 1370.